The van der Waals surface area contributed by atoms with Crippen LogP contribution in [-0.4, -0.2) is 66.0 Å². The number of carboxylic acids is 2. The first-order valence-electron chi connectivity index (χ1n) is 9.09. The van der Waals surface area contributed by atoms with Crippen molar-refractivity contribution in [2.45, 2.75) is 18.4 Å². The Balaban J connectivity index is 0.000000469. The molecule has 0 radical (unpaired) electrons. The molecule has 8 nitrogen and oxygen atoms in total. The van der Waals surface area contributed by atoms with Crippen LogP contribution in [0.3, 0.4) is 0 Å². The van der Waals surface area contributed by atoms with Crippen molar-refractivity contribution in [3.05, 3.63) is 64.7 Å². The van der Waals surface area contributed by atoms with Gasteiger partial charge in [-0.3, -0.25) is 4.90 Å². The van der Waals surface area contributed by atoms with E-state index in [-0.39, 0.29) is 0 Å². The van der Waals surface area contributed by atoms with Crippen LogP contribution in [0.15, 0.2) is 53.4 Å². The summed E-state index contributed by atoms with van der Waals surface area (Å²) in [5, 5.41) is 15.3. The first-order chi connectivity index (χ1) is 14.1. The molecule has 162 valence electrons. The summed E-state index contributed by atoms with van der Waals surface area (Å²) in [5.74, 6) is -3.65. The highest BCUT2D eigenvalue weighted by atomic mass is 35.5. The van der Waals surface area contributed by atoms with Gasteiger partial charge in [0.2, 0.25) is 10.0 Å². The van der Waals surface area contributed by atoms with Crippen molar-refractivity contribution in [3.63, 3.8) is 0 Å². The summed E-state index contributed by atoms with van der Waals surface area (Å²) in [7, 11) is -3.43. The fourth-order valence-electron chi connectivity index (χ4n) is 2.84. The van der Waals surface area contributed by atoms with E-state index in [1.54, 1.807) is 28.6 Å². The number of aliphatic carboxylic acids is 2. The highest BCUT2D eigenvalue weighted by Crippen LogP contribution is 2.20. The Bertz CT molecular complexity index is 957. The van der Waals surface area contributed by atoms with Crippen molar-refractivity contribution >= 4 is 33.6 Å². The van der Waals surface area contributed by atoms with E-state index in [1.165, 1.54) is 11.1 Å². The van der Waals surface area contributed by atoms with E-state index in [9.17, 15) is 8.42 Å². The lowest BCUT2D eigenvalue weighted by Crippen LogP contribution is -2.48. The number of piperazine rings is 1. The minimum absolute atomic E-state index is 0.305. The molecule has 0 unspecified atom stereocenters. The van der Waals surface area contributed by atoms with Crippen LogP contribution >= 0.6 is 11.6 Å². The lowest BCUT2D eigenvalue weighted by atomic mass is 10.1. The zero-order valence-electron chi connectivity index (χ0n) is 16.4. The van der Waals surface area contributed by atoms with Crippen LogP contribution in [0.4, 0.5) is 0 Å². The van der Waals surface area contributed by atoms with E-state index >= 15 is 0 Å². The van der Waals surface area contributed by atoms with Gasteiger partial charge in [0.25, 0.3) is 0 Å². The van der Waals surface area contributed by atoms with Gasteiger partial charge in [0.05, 0.1) is 4.90 Å². The van der Waals surface area contributed by atoms with Crippen LogP contribution in [0.5, 0.6) is 0 Å². The predicted octanol–water partition coefficient (Wildman–Crippen LogP) is 2.31. The molecule has 1 fully saturated rings. The molecule has 2 aromatic rings. The molecule has 0 atom stereocenters. The lowest BCUT2D eigenvalue weighted by Gasteiger charge is -2.34. The molecule has 0 bridgehead atoms. The largest absolute Gasteiger partial charge is 0.473 e. The number of hydrogen-bond donors (Lipinski definition) is 2. The van der Waals surface area contributed by atoms with Crippen molar-refractivity contribution < 1.29 is 28.2 Å². The Kier molecular flexibility index (Phi) is 8.36. The fraction of sp³-hybridized carbons (Fsp3) is 0.300. The van der Waals surface area contributed by atoms with Crippen LogP contribution in [0.1, 0.15) is 11.1 Å². The topological polar surface area (TPSA) is 115 Å². The minimum atomic E-state index is -3.43. The molecule has 30 heavy (non-hydrogen) atoms. The molecular formula is C20H23ClN2O6S. The van der Waals surface area contributed by atoms with Gasteiger partial charge in [-0.2, -0.15) is 4.31 Å². The van der Waals surface area contributed by atoms with E-state index < -0.39 is 22.0 Å². The van der Waals surface area contributed by atoms with Crippen LogP contribution in [0.25, 0.3) is 0 Å². The van der Waals surface area contributed by atoms with Crippen LogP contribution < -0.4 is 0 Å². The van der Waals surface area contributed by atoms with Gasteiger partial charge in [0, 0.05) is 37.7 Å². The van der Waals surface area contributed by atoms with Crippen molar-refractivity contribution in [2.75, 3.05) is 26.2 Å². The highest BCUT2D eigenvalue weighted by Gasteiger charge is 2.28. The minimum Gasteiger partial charge on any atom is -0.473 e. The number of aryl methyl sites for hydroxylation is 1. The Hall–Kier alpha value is -2.46. The standard InChI is InChI=1S/C18H21ClN2O2S.C2H2O4/c1-15-2-4-16(5-3-15)14-20-10-12-21(13-11-20)24(22,23)18-8-6-17(19)7-9-18;3-1(4)2(5)6/h2-9H,10-14H2,1H3;(H,3,4)(H,5,6). The van der Waals surface area contributed by atoms with Gasteiger partial charge in [0.15, 0.2) is 0 Å². The molecule has 0 saturated carbocycles. The number of rotatable bonds is 4. The Labute approximate surface area is 180 Å². The Morgan fingerprint density at radius 3 is 1.87 bits per heavy atom. The molecular weight excluding hydrogens is 432 g/mol. The summed E-state index contributed by atoms with van der Waals surface area (Å²) in [4.78, 5) is 20.8. The highest BCUT2D eigenvalue weighted by molar-refractivity contribution is 7.89. The summed E-state index contributed by atoms with van der Waals surface area (Å²) in [6, 6.07) is 14.8. The van der Waals surface area contributed by atoms with E-state index in [2.05, 4.69) is 36.1 Å². The second-order valence-corrected chi connectivity index (χ2v) is 9.10. The molecule has 0 aliphatic carbocycles. The molecule has 1 saturated heterocycles. The van der Waals surface area contributed by atoms with Gasteiger partial charge in [-0.1, -0.05) is 41.4 Å². The lowest BCUT2D eigenvalue weighted by molar-refractivity contribution is -0.159. The van der Waals surface area contributed by atoms with Gasteiger partial charge in [-0.25, -0.2) is 18.0 Å². The summed E-state index contributed by atoms with van der Waals surface area (Å²) >= 11 is 5.84. The van der Waals surface area contributed by atoms with Crippen molar-refractivity contribution in [2.24, 2.45) is 0 Å². The van der Waals surface area contributed by atoms with Crippen LogP contribution in [-0.2, 0) is 26.2 Å². The Morgan fingerprint density at radius 1 is 0.900 bits per heavy atom. The smallest absolute Gasteiger partial charge is 0.414 e. The normalized spacial score (nSPS) is 15.1. The summed E-state index contributed by atoms with van der Waals surface area (Å²) in [5.41, 5.74) is 2.51. The van der Waals surface area contributed by atoms with Gasteiger partial charge in [0.1, 0.15) is 0 Å². The zero-order chi connectivity index (χ0) is 22.3. The molecule has 0 aromatic heterocycles. The maximum absolute atomic E-state index is 12.7. The van der Waals surface area contributed by atoms with Gasteiger partial charge < -0.3 is 10.2 Å². The van der Waals surface area contributed by atoms with E-state index in [0.29, 0.717) is 23.0 Å². The molecule has 1 aliphatic heterocycles. The third kappa shape index (κ3) is 6.81. The molecule has 0 amide bonds. The first-order valence-corrected chi connectivity index (χ1v) is 10.9. The molecule has 0 spiro atoms. The van der Waals surface area contributed by atoms with Gasteiger partial charge >= 0.3 is 11.9 Å². The molecule has 2 N–H and O–H groups in total. The molecule has 3 rings (SSSR count). The van der Waals surface area contributed by atoms with Crippen molar-refractivity contribution in [1.29, 1.82) is 0 Å². The third-order valence-corrected chi connectivity index (χ3v) is 6.66. The summed E-state index contributed by atoms with van der Waals surface area (Å²) in [6.07, 6.45) is 0. The van der Waals surface area contributed by atoms with Crippen molar-refractivity contribution in [3.8, 4) is 0 Å². The van der Waals surface area contributed by atoms with E-state index in [1.807, 2.05) is 0 Å². The maximum Gasteiger partial charge on any atom is 0.414 e. The first kappa shape index (κ1) is 23.8. The number of carboxylic acid groups (broad SMARTS) is 2. The monoisotopic (exact) mass is 454 g/mol. The molecule has 1 heterocycles. The number of nitrogens with zero attached hydrogens (tertiary/aromatic N) is 2. The van der Waals surface area contributed by atoms with E-state index in [0.717, 1.165) is 19.6 Å². The SMILES string of the molecule is Cc1ccc(CN2CCN(S(=O)(=O)c3ccc(Cl)cc3)CC2)cc1.O=C(O)C(=O)O. The number of carbonyl (C=O) groups is 2. The second-order valence-electron chi connectivity index (χ2n) is 6.73. The predicted molar refractivity (Wildman–Crippen MR) is 112 cm³/mol. The molecule has 1 aliphatic rings. The number of benzene rings is 2. The Morgan fingerprint density at radius 2 is 1.40 bits per heavy atom. The summed E-state index contributed by atoms with van der Waals surface area (Å²) < 4.78 is 26.9. The summed E-state index contributed by atoms with van der Waals surface area (Å²) in [6.45, 7) is 5.42. The number of hydrogen-bond acceptors (Lipinski definition) is 5. The zero-order valence-corrected chi connectivity index (χ0v) is 17.9. The second kappa shape index (κ2) is 10.5. The van der Waals surface area contributed by atoms with Crippen molar-refractivity contribution in [1.82, 2.24) is 9.21 Å². The van der Waals surface area contributed by atoms with E-state index in [4.69, 9.17) is 31.4 Å². The maximum atomic E-state index is 12.7. The fourth-order valence-corrected chi connectivity index (χ4v) is 4.38. The average molecular weight is 455 g/mol. The van der Waals surface area contributed by atoms with Crippen LogP contribution in [0.2, 0.25) is 5.02 Å². The van der Waals surface area contributed by atoms with Gasteiger partial charge in [-0.05, 0) is 36.8 Å². The van der Waals surface area contributed by atoms with Crippen LogP contribution in [0, 0.1) is 6.92 Å². The molecule has 2 aromatic carbocycles. The average Bonchev–Trinajstić information content (AvgIpc) is 2.71. The van der Waals surface area contributed by atoms with Gasteiger partial charge in [-0.15, -0.1) is 0 Å². The number of sulfonamides is 1. The number of halogens is 1. The quantitative estimate of drug-likeness (QED) is 0.681. The third-order valence-electron chi connectivity index (χ3n) is 4.49. The molecule has 10 heteroatoms.